The molecule has 0 saturated heterocycles. The van der Waals surface area contributed by atoms with Gasteiger partial charge in [0.1, 0.15) is 0 Å². The molecule has 2 aliphatic rings. The molecule has 2 aliphatic carbocycles. The minimum Gasteiger partial charge on any atom is -0.396 e. The molecule has 0 aliphatic heterocycles. The first-order chi connectivity index (χ1) is 5.38. The van der Waals surface area contributed by atoms with E-state index in [0.717, 1.165) is 11.8 Å². The summed E-state index contributed by atoms with van der Waals surface area (Å²) < 4.78 is 0. The van der Waals surface area contributed by atoms with Crippen molar-refractivity contribution in [1.29, 1.82) is 0 Å². The van der Waals surface area contributed by atoms with Gasteiger partial charge in [0, 0.05) is 6.61 Å². The molecule has 2 bridgehead atoms. The van der Waals surface area contributed by atoms with Crippen LogP contribution in [0.3, 0.4) is 0 Å². The van der Waals surface area contributed by atoms with E-state index in [1.54, 1.807) is 0 Å². The molecular weight excluding hydrogens is 136 g/mol. The summed E-state index contributed by atoms with van der Waals surface area (Å²) in [5.41, 5.74) is 0. The Kier molecular flexibility index (Phi) is 2.17. The molecule has 11 heavy (non-hydrogen) atoms. The van der Waals surface area contributed by atoms with Crippen molar-refractivity contribution in [3.05, 3.63) is 0 Å². The minimum absolute atomic E-state index is 0.438. The predicted octanol–water partition coefficient (Wildman–Crippen LogP) is 2.20. The summed E-state index contributed by atoms with van der Waals surface area (Å²) in [6.45, 7) is 0.438. The van der Waals surface area contributed by atoms with Crippen molar-refractivity contribution < 1.29 is 5.11 Å². The molecule has 2 atom stereocenters. The molecule has 1 heteroatoms. The van der Waals surface area contributed by atoms with Gasteiger partial charge in [0.05, 0.1) is 0 Å². The molecule has 2 rings (SSSR count). The molecule has 1 N–H and O–H groups in total. The number of hydrogen-bond acceptors (Lipinski definition) is 1. The molecule has 0 aromatic carbocycles. The Morgan fingerprint density at radius 3 is 2.18 bits per heavy atom. The van der Waals surface area contributed by atoms with Crippen LogP contribution in [-0.4, -0.2) is 11.7 Å². The molecule has 0 spiro atoms. The van der Waals surface area contributed by atoms with Gasteiger partial charge in [-0.25, -0.2) is 0 Å². The van der Waals surface area contributed by atoms with Gasteiger partial charge in [0.2, 0.25) is 0 Å². The quantitative estimate of drug-likeness (QED) is 0.614. The molecule has 0 aromatic rings. The fraction of sp³-hybridized carbons (Fsp3) is 1.00. The van der Waals surface area contributed by atoms with E-state index in [4.69, 9.17) is 5.11 Å². The van der Waals surface area contributed by atoms with Crippen LogP contribution in [0.25, 0.3) is 0 Å². The fourth-order valence-corrected chi connectivity index (χ4v) is 3.02. The average molecular weight is 154 g/mol. The van der Waals surface area contributed by atoms with Gasteiger partial charge in [0.15, 0.2) is 0 Å². The van der Waals surface area contributed by atoms with Crippen LogP contribution >= 0.6 is 0 Å². The topological polar surface area (TPSA) is 20.2 Å². The SMILES string of the molecule is OCC1C[C@@H]2CCC[C@@H](C1)C2. The normalized spacial score (nSPS) is 43.9. The van der Waals surface area contributed by atoms with Crippen LogP contribution in [0.15, 0.2) is 0 Å². The molecule has 0 aromatic heterocycles. The molecule has 1 nitrogen and oxygen atoms in total. The molecule has 0 unspecified atom stereocenters. The second kappa shape index (κ2) is 3.14. The standard InChI is InChI=1S/C10H18O/c11-7-10-5-8-2-1-3-9(4-8)6-10/h8-11H,1-7H2/t8-,9-/m1/s1. The molecule has 64 valence electrons. The predicted molar refractivity (Wildman–Crippen MR) is 45.3 cm³/mol. The maximum absolute atomic E-state index is 9.05. The van der Waals surface area contributed by atoms with Gasteiger partial charge < -0.3 is 5.11 Å². The van der Waals surface area contributed by atoms with Gasteiger partial charge in [-0.05, 0) is 37.0 Å². The number of aliphatic hydroxyl groups is 1. The molecular formula is C10H18O. The smallest absolute Gasteiger partial charge is 0.0459 e. The van der Waals surface area contributed by atoms with Crippen LogP contribution in [-0.2, 0) is 0 Å². The summed E-state index contributed by atoms with van der Waals surface area (Å²) in [6, 6.07) is 0. The highest BCUT2D eigenvalue weighted by atomic mass is 16.3. The summed E-state index contributed by atoms with van der Waals surface area (Å²) in [7, 11) is 0. The van der Waals surface area contributed by atoms with E-state index in [1.807, 2.05) is 0 Å². The van der Waals surface area contributed by atoms with Gasteiger partial charge in [-0.15, -0.1) is 0 Å². The van der Waals surface area contributed by atoms with Crippen molar-refractivity contribution in [3.63, 3.8) is 0 Å². The summed E-state index contributed by atoms with van der Waals surface area (Å²) in [5.74, 6) is 2.60. The number of fused-ring (bicyclic) bond motifs is 2. The van der Waals surface area contributed by atoms with Crippen LogP contribution in [0.4, 0.5) is 0 Å². The summed E-state index contributed by atoms with van der Waals surface area (Å²) in [4.78, 5) is 0. The first kappa shape index (κ1) is 7.60. The van der Waals surface area contributed by atoms with Gasteiger partial charge in [0.25, 0.3) is 0 Å². The van der Waals surface area contributed by atoms with Crippen molar-refractivity contribution in [2.45, 2.75) is 38.5 Å². The Morgan fingerprint density at radius 2 is 1.64 bits per heavy atom. The van der Waals surface area contributed by atoms with Crippen molar-refractivity contribution in [2.75, 3.05) is 6.61 Å². The Hall–Kier alpha value is -0.0400. The summed E-state index contributed by atoms with van der Waals surface area (Å²) in [6.07, 6.45) is 8.42. The zero-order chi connectivity index (χ0) is 7.68. The first-order valence-electron chi connectivity index (χ1n) is 4.99. The van der Waals surface area contributed by atoms with E-state index < -0.39 is 0 Å². The second-order valence-corrected chi connectivity index (χ2v) is 4.42. The van der Waals surface area contributed by atoms with Crippen LogP contribution in [0.5, 0.6) is 0 Å². The Balaban J connectivity index is 1.94. The third kappa shape index (κ3) is 1.58. The Labute approximate surface area is 68.8 Å². The van der Waals surface area contributed by atoms with Crippen LogP contribution < -0.4 is 0 Å². The zero-order valence-corrected chi connectivity index (χ0v) is 7.13. The van der Waals surface area contributed by atoms with Crippen LogP contribution in [0.2, 0.25) is 0 Å². The highest BCUT2D eigenvalue weighted by molar-refractivity contribution is 4.82. The van der Waals surface area contributed by atoms with Gasteiger partial charge >= 0.3 is 0 Å². The largest absolute Gasteiger partial charge is 0.396 e. The van der Waals surface area contributed by atoms with Crippen molar-refractivity contribution in [1.82, 2.24) is 0 Å². The lowest BCUT2D eigenvalue weighted by Crippen LogP contribution is -2.28. The second-order valence-electron chi connectivity index (χ2n) is 4.42. The third-order valence-electron chi connectivity index (χ3n) is 3.48. The molecule has 0 heterocycles. The lowest BCUT2D eigenvalue weighted by atomic mass is 9.68. The van der Waals surface area contributed by atoms with Crippen LogP contribution in [0, 0.1) is 17.8 Å². The lowest BCUT2D eigenvalue weighted by Gasteiger charge is -2.38. The van der Waals surface area contributed by atoms with Crippen LogP contribution in [0.1, 0.15) is 38.5 Å². The highest BCUT2D eigenvalue weighted by Crippen LogP contribution is 2.42. The number of hydrogen-bond donors (Lipinski definition) is 1. The fourth-order valence-electron chi connectivity index (χ4n) is 3.02. The number of rotatable bonds is 1. The van der Waals surface area contributed by atoms with Gasteiger partial charge in [-0.3, -0.25) is 0 Å². The van der Waals surface area contributed by atoms with E-state index in [9.17, 15) is 0 Å². The monoisotopic (exact) mass is 154 g/mol. The zero-order valence-electron chi connectivity index (χ0n) is 7.13. The minimum atomic E-state index is 0.438. The molecule has 2 fully saturated rings. The summed E-state index contributed by atoms with van der Waals surface area (Å²) in [5, 5.41) is 9.05. The van der Waals surface area contributed by atoms with E-state index in [-0.39, 0.29) is 0 Å². The maximum atomic E-state index is 9.05. The molecule has 0 radical (unpaired) electrons. The van der Waals surface area contributed by atoms with E-state index in [0.29, 0.717) is 12.5 Å². The van der Waals surface area contributed by atoms with E-state index in [1.165, 1.54) is 38.5 Å². The van der Waals surface area contributed by atoms with Gasteiger partial charge in [-0.1, -0.05) is 19.3 Å². The van der Waals surface area contributed by atoms with Crippen molar-refractivity contribution in [2.24, 2.45) is 17.8 Å². The maximum Gasteiger partial charge on any atom is 0.0459 e. The Bertz CT molecular complexity index is 121. The van der Waals surface area contributed by atoms with Crippen molar-refractivity contribution in [3.8, 4) is 0 Å². The number of aliphatic hydroxyl groups excluding tert-OH is 1. The average Bonchev–Trinajstić information content (AvgIpc) is 2.03. The van der Waals surface area contributed by atoms with E-state index >= 15 is 0 Å². The van der Waals surface area contributed by atoms with Crippen molar-refractivity contribution >= 4 is 0 Å². The third-order valence-corrected chi connectivity index (χ3v) is 3.48. The Morgan fingerprint density at radius 1 is 1.00 bits per heavy atom. The van der Waals surface area contributed by atoms with Gasteiger partial charge in [-0.2, -0.15) is 0 Å². The lowest BCUT2D eigenvalue weighted by molar-refractivity contribution is 0.0929. The molecule has 0 amide bonds. The molecule has 2 saturated carbocycles. The summed E-state index contributed by atoms with van der Waals surface area (Å²) >= 11 is 0. The first-order valence-corrected chi connectivity index (χ1v) is 4.99. The highest BCUT2D eigenvalue weighted by Gasteiger charge is 2.30. The van der Waals surface area contributed by atoms with E-state index in [2.05, 4.69) is 0 Å².